The molecule has 0 radical (unpaired) electrons. The molecule has 17 nitrogen and oxygen atoms in total. The van der Waals surface area contributed by atoms with Crippen molar-refractivity contribution in [2.45, 2.75) is 38.2 Å². The molecule has 45 heavy (non-hydrogen) atoms. The van der Waals surface area contributed by atoms with E-state index < -0.39 is 23.1 Å². The zero-order valence-electron chi connectivity index (χ0n) is 25.2. The summed E-state index contributed by atoms with van der Waals surface area (Å²) >= 11 is 0. The molecule has 2 fully saturated rings. The van der Waals surface area contributed by atoms with Gasteiger partial charge in [0, 0.05) is 25.1 Å². The van der Waals surface area contributed by atoms with Crippen molar-refractivity contribution in [1.29, 1.82) is 0 Å². The van der Waals surface area contributed by atoms with E-state index in [-0.39, 0.29) is 46.5 Å². The first kappa shape index (κ1) is 33.3. The van der Waals surface area contributed by atoms with E-state index in [1.165, 1.54) is 13.2 Å². The molecule has 0 bridgehead atoms. The van der Waals surface area contributed by atoms with Gasteiger partial charge in [-0.25, -0.2) is 0 Å². The number of ether oxygens (including phenoxy) is 2. The molecule has 2 aromatic heterocycles. The fourth-order valence-electron chi connectivity index (χ4n) is 3.98. The monoisotopic (exact) mass is 628 g/mol. The van der Waals surface area contributed by atoms with Crippen molar-refractivity contribution in [1.82, 2.24) is 30.6 Å². The lowest BCUT2D eigenvalue weighted by Gasteiger charge is -2.21. The molecular formula is C28H36N8O9. The molecule has 1 aliphatic carbocycles. The van der Waals surface area contributed by atoms with Gasteiger partial charge in [-0.1, -0.05) is 11.2 Å². The summed E-state index contributed by atoms with van der Waals surface area (Å²) in [6.45, 7) is 7.26. The standard InChI is InChI=1S/C23H25N7O8.C5H11NO/c1-22(2,10-31)21-26-18(30-38-21)12-5-4-6-13(17(12)37-3)24-14-9-15(25-19(32)11-7-8-11)28-29-16(14)20(33)27-23(34,35)36;1-6-2-4-7-5-3-6/h4-6,9-11,34-36H,7-8H2,1-3H3,(H,27,33)(H2,24,25,28,32);2-5H2,1H3. The Hall–Kier alpha value is -4.55. The van der Waals surface area contributed by atoms with Crippen LogP contribution < -0.4 is 20.7 Å². The predicted molar refractivity (Wildman–Crippen MR) is 157 cm³/mol. The van der Waals surface area contributed by atoms with Gasteiger partial charge in [-0.05, 0) is 45.9 Å². The van der Waals surface area contributed by atoms with E-state index in [1.807, 2.05) is 0 Å². The maximum atomic E-state index is 12.6. The maximum absolute atomic E-state index is 12.6. The van der Waals surface area contributed by atoms with Crippen LogP contribution in [-0.4, -0.2) is 105 Å². The predicted octanol–water partition coefficient (Wildman–Crippen LogP) is 0.370. The number of carbonyl (C=O) groups excluding carboxylic acids is 3. The van der Waals surface area contributed by atoms with Crippen molar-refractivity contribution in [2.75, 3.05) is 51.1 Å². The number of anilines is 3. The molecule has 2 amide bonds. The second kappa shape index (κ2) is 14.0. The fraction of sp³-hybridized carbons (Fsp3) is 0.464. The average Bonchev–Trinajstić information content (AvgIpc) is 3.73. The number of hydrogen-bond acceptors (Lipinski definition) is 15. The second-order valence-electron chi connectivity index (χ2n) is 11.0. The van der Waals surface area contributed by atoms with E-state index in [4.69, 9.17) is 14.0 Å². The normalized spacial score (nSPS) is 15.4. The number of morpholine rings is 1. The van der Waals surface area contributed by atoms with Crippen LogP contribution in [0.25, 0.3) is 11.4 Å². The van der Waals surface area contributed by atoms with Gasteiger partial charge in [-0.3, -0.25) is 14.9 Å². The summed E-state index contributed by atoms with van der Waals surface area (Å²) < 4.78 is 15.9. The fourth-order valence-corrected chi connectivity index (χ4v) is 3.98. The van der Waals surface area contributed by atoms with Crippen molar-refractivity contribution < 1.29 is 43.7 Å². The van der Waals surface area contributed by atoms with Crippen LogP contribution in [0.5, 0.6) is 5.75 Å². The number of aromatic nitrogens is 4. The zero-order chi connectivity index (χ0) is 32.8. The Kier molecular flexibility index (Phi) is 10.4. The molecule has 6 N–H and O–H groups in total. The molecule has 2 aliphatic rings. The van der Waals surface area contributed by atoms with Gasteiger partial charge in [0.2, 0.25) is 17.6 Å². The summed E-state index contributed by atoms with van der Waals surface area (Å²) in [5.41, 5.74) is -0.820. The maximum Gasteiger partial charge on any atom is 0.369 e. The van der Waals surface area contributed by atoms with E-state index in [9.17, 15) is 29.7 Å². The highest BCUT2D eigenvalue weighted by atomic mass is 16.7. The van der Waals surface area contributed by atoms with Gasteiger partial charge in [0.05, 0.1) is 42.7 Å². The van der Waals surface area contributed by atoms with Crippen LogP contribution in [0, 0.1) is 5.92 Å². The van der Waals surface area contributed by atoms with Gasteiger partial charge in [-0.15, -0.1) is 10.2 Å². The SMILES string of the molecule is CN1CCOCC1.COc1c(Nc2cc(NC(=O)C3CC3)nnc2C(=O)NC(O)(O)O)cccc1-c1noc(C(C)(C)C=O)n1. The first-order valence-corrected chi connectivity index (χ1v) is 14.0. The third kappa shape index (κ3) is 8.99. The summed E-state index contributed by atoms with van der Waals surface area (Å²) in [5, 5.41) is 46.2. The number of aliphatic hydroxyl groups is 3. The first-order valence-electron chi connectivity index (χ1n) is 14.0. The van der Waals surface area contributed by atoms with Gasteiger partial charge >= 0.3 is 6.10 Å². The van der Waals surface area contributed by atoms with Gasteiger partial charge < -0.3 is 49.6 Å². The lowest BCUT2D eigenvalue weighted by molar-refractivity contribution is -0.323. The van der Waals surface area contributed by atoms with Gasteiger partial charge in [0.15, 0.2) is 17.3 Å². The Balaban J connectivity index is 0.000000580. The second-order valence-corrected chi connectivity index (χ2v) is 11.0. The molecule has 1 aliphatic heterocycles. The molecule has 0 spiro atoms. The molecule has 1 saturated carbocycles. The smallest absolute Gasteiger partial charge is 0.369 e. The first-order chi connectivity index (χ1) is 21.3. The minimum atomic E-state index is -3.52. The Morgan fingerprint density at radius 3 is 2.40 bits per heavy atom. The molecule has 242 valence electrons. The number of likely N-dealkylation sites (N-methyl/N-ethyl adjacent to an activating group) is 1. The van der Waals surface area contributed by atoms with Crippen molar-refractivity contribution in [3.8, 4) is 17.1 Å². The Labute approximate surface area is 257 Å². The van der Waals surface area contributed by atoms with Gasteiger partial charge in [0.25, 0.3) is 5.91 Å². The molecule has 17 heteroatoms. The lowest BCUT2D eigenvalue weighted by Crippen LogP contribution is -2.48. The number of aldehydes is 1. The minimum Gasteiger partial charge on any atom is -0.494 e. The number of nitrogens with zero attached hydrogens (tertiary/aromatic N) is 5. The summed E-state index contributed by atoms with van der Waals surface area (Å²) in [4.78, 5) is 42.7. The summed E-state index contributed by atoms with van der Waals surface area (Å²) in [6, 6.07) is 6.17. The van der Waals surface area contributed by atoms with Crippen molar-refractivity contribution in [3.05, 3.63) is 35.9 Å². The summed E-state index contributed by atoms with van der Waals surface area (Å²) in [6.07, 6.45) is -1.33. The van der Waals surface area contributed by atoms with Crippen LogP contribution in [0.2, 0.25) is 0 Å². The number of methoxy groups -OCH3 is 1. The molecule has 1 aromatic carbocycles. The topological polar surface area (TPSA) is 234 Å². The van der Waals surface area contributed by atoms with Crippen LogP contribution in [-0.2, 0) is 19.7 Å². The number of hydrogen-bond donors (Lipinski definition) is 6. The number of benzene rings is 1. The molecule has 3 aromatic rings. The highest BCUT2D eigenvalue weighted by Gasteiger charge is 2.31. The Bertz CT molecular complexity index is 1510. The molecule has 5 rings (SSSR count). The summed E-state index contributed by atoms with van der Waals surface area (Å²) in [5.74, 6) is -1.11. The van der Waals surface area contributed by atoms with Crippen LogP contribution in [0.1, 0.15) is 43.1 Å². The average molecular weight is 629 g/mol. The molecule has 3 heterocycles. The molecular weight excluding hydrogens is 592 g/mol. The minimum absolute atomic E-state index is 0.0261. The van der Waals surface area contributed by atoms with Gasteiger partial charge in [0.1, 0.15) is 6.29 Å². The van der Waals surface area contributed by atoms with Crippen molar-refractivity contribution >= 4 is 35.3 Å². The van der Waals surface area contributed by atoms with Crippen molar-refractivity contribution in [3.63, 3.8) is 0 Å². The lowest BCUT2D eigenvalue weighted by atomic mass is 9.96. The van der Waals surface area contributed by atoms with Crippen LogP contribution in [0.15, 0.2) is 28.8 Å². The third-order valence-electron chi connectivity index (χ3n) is 6.73. The largest absolute Gasteiger partial charge is 0.494 e. The van der Waals surface area contributed by atoms with E-state index in [0.717, 1.165) is 39.1 Å². The number of nitrogens with one attached hydrogen (secondary N) is 3. The number of rotatable bonds is 10. The molecule has 0 unspecified atom stereocenters. The van der Waals surface area contributed by atoms with E-state index in [2.05, 4.69) is 42.9 Å². The third-order valence-corrected chi connectivity index (χ3v) is 6.73. The van der Waals surface area contributed by atoms with Crippen LogP contribution in [0.3, 0.4) is 0 Å². The summed E-state index contributed by atoms with van der Waals surface area (Å²) in [7, 11) is 3.50. The van der Waals surface area contributed by atoms with Crippen LogP contribution in [0.4, 0.5) is 17.2 Å². The number of para-hydroxylation sites is 1. The highest BCUT2D eigenvalue weighted by molar-refractivity contribution is 6.00. The van der Waals surface area contributed by atoms with Crippen molar-refractivity contribution in [2.24, 2.45) is 5.92 Å². The van der Waals surface area contributed by atoms with E-state index in [0.29, 0.717) is 11.8 Å². The highest BCUT2D eigenvalue weighted by Crippen LogP contribution is 2.38. The Morgan fingerprint density at radius 1 is 1.11 bits per heavy atom. The van der Waals surface area contributed by atoms with E-state index >= 15 is 0 Å². The molecule has 0 atom stereocenters. The molecule has 1 saturated heterocycles. The number of amides is 2. The Morgan fingerprint density at radius 2 is 1.82 bits per heavy atom. The van der Waals surface area contributed by atoms with Gasteiger partial charge in [-0.2, -0.15) is 4.98 Å². The van der Waals surface area contributed by atoms with Crippen LogP contribution >= 0.6 is 0 Å². The quantitative estimate of drug-likeness (QED) is 0.131. The number of carbonyl (C=O) groups is 3. The van der Waals surface area contributed by atoms with E-state index in [1.54, 1.807) is 37.4 Å². The zero-order valence-corrected chi connectivity index (χ0v) is 25.2.